The Hall–Kier alpha value is -1.71. The lowest BCUT2D eigenvalue weighted by atomic mass is 10.1. The second-order valence-electron chi connectivity index (χ2n) is 6.02. The molecule has 26 heavy (non-hydrogen) atoms. The van der Waals surface area contributed by atoms with Crippen molar-refractivity contribution in [3.63, 3.8) is 0 Å². The maximum atomic E-state index is 13.2. The van der Waals surface area contributed by atoms with Gasteiger partial charge in [0.1, 0.15) is 18.2 Å². The summed E-state index contributed by atoms with van der Waals surface area (Å²) in [6, 6.07) is 5.42. The molecule has 0 aliphatic heterocycles. The third-order valence-electron chi connectivity index (χ3n) is 3.53. The zero-order valence-electron chi connectivity index (χ0n) is 15.2. The Labute approximate surface area is 169 Å². The Bertz CT molecular complexity index is 699. The van der Waals surface area contributed by atoms with Gasteiger partial charge in [0.25, 0.3) is 0 Å². The fourth-order valence-corrected chi connectivity index (χ4v) is 2.25. The van der Waals surface area contributed by atoms with Crippen molar-refractivity contribution in [1.82, 2.24) is 15.8 Å². The van der Waals surface area contributed by atoms with Gasteiger partial charge in [-0.3, -0.25) is 0 Å². The molecular weight excluding hydrogens is 453 g/mol. The molecule has 2 N–H and O–H groups in total. The van der Waals surface area contributed by atoms with E-state index in [2.05, 4.69) is 20.8 Å². The molecule has 0 aliphatic rings. The fourth-order valence-electron chi connectivity index (χ4n) is 2.25. The minimum atomic E-state index is -0.568. The molecule has 2 aromatic rings. The van der Waals surface area contributed by atoms with Gasteiger partial charge in [0.2, 0.25) is 0 Å². The highest BCUT2D eigenvalue weighted by atomic mass is 127. The van der Waals surface area contributed by atoms with Crippen LogP contribution in [0.3, 0.4) is 0 Å². The van der Waals surface area contributed by atoms with Gasteiger partial charge in [-0.25, -0.2) is 13.8 Å². The molecule has 0 spiro atoms. The lowest BCUT2D eigenvalue weighted by molar-refractivity contribution is 0.376. The van der Waals surface area contributed by atoms with Crippen LogP contribution in [0.2, 0.25) is 0 Å². The molecule has 8 heteroatoms. The summed E-state index contributed by atoms with van der Waals surface area (Å²) in [6.45, 7) is 7.63. The van der Waals surface area contributed by atoms with Crippen LogP contribution >= 0.6 is 24.0 Å². The molecule has 0 radical (unpaired) electrons. The summed E-state index contributed by atoms with van der Waals surface area (Å²) >= 11 is 0. The SMILES string of the molecule is CCNC(=NCc1cc(C(C)C)no1)NCCc1cc(F)cc(F)c1.I. The maximum absolute atomic E-state index is 13.2. The quantitative estimate of drug-likeness (QED) is 0.359. The summed E-state index contributed by atoms with van der Waals surface area (Å²) in [5.41, 5.74) is 1.49. The summed E-state index contributed by atoms with van der Waals surface area (Å²) in [6.07, 6.45) is 0.485. The molecule has 0 fully saturated rings. The third-order valence-corrected chi connectivity index (χ3v) is 3.53. The number of aliphatic imine (C=N–C) groups is 1. The van der Waals surface area contributed by atoms with E-state index in [0.717, 1.165) is 11.8 Å². The maximum Gasteiger partial charge on any atom is 0.191 e. The largest absolute Gasteiger partial charge is 0.359 e. The number of rotatable bonds is 7. The van der Waals surface area contributed by atoms with E-state index in [1.165, 1.54) is 12.1 Å². The second kappa shape index (κ2) is 11.1. The highest BCUT2D eigenvalue weighted by Crippen LogP contribution is 2.14. The van der Waals surface area contributed by atoms with Gasteiger partial charge in [-0.15, -0.1) is 24.0 Å². The van der Waals surface area contributed by atoms with Crippen molar-refractivity contribution in [1.29, 1.82) is 0 Å². The van der Waals surface area contributed by atoms with Gasteiger partial charge in [0.15, 0.2) is 11.7 Å². The monoisotopic (exact) mass is 478 g/mol. The lowest BCUT2D eigenvalue weighted by Crippen LogP contribution is -2.38. The Balaban J connectivity index is 0.00000338. The summed E-state index contributed by atoms with van der Waals surface area (Å²) in [7, 11) is 0. The van der Waals surface area contributed by atoms with Gasteiger partial charge in [0.05, 0.1) is 5.69 Å². The Morgan fingerprint density at radius 2 is 1.85 bits per heavy atom. The highest BCUT2D eigenvalue weighted by molar-refractivity contribution is 14.0. The molecule has 5 nitrogen and oxygen atoms in total. The van der Waals surface area contributed by atoms with Gasteiger partial charge < -0.3 is 15.2 Å². The number of nitrogens with one attached hydrogen (secondary N) is 2. The van der Waals surface area contributed by atoms with Crippen molar-refractivity contribution in [3.8, 4) is 0 Å². The van der Waals surface area contributed by atoms with Crippen molar-refractivity contribution in [2.24, 2.45) is 4.99 Å². The molecule has 1 aromatic carbocycles. The molecule has 0 aliphatic carbocycles. The van der Waals surface area contributed by atoms with E-state index in [1.807, 2.05) is 26.8 Å². The predicted molar refractivity (Wildman–Crippen MR) is 109 cm³/mol. The standard InChI is InChI=1S/C18H24F2N4O.HI/c1-4-21-18(23-11-16-10-17(12(2)3)24-25-16)22-6-5-13-7-14(19)9-15(20)8-13;/h7-10,12H,4-6,11H2,1-3H3,(H2,21,22,23);1H. The van der Waals surface area contributed by atoms with Crippen molar-refractivity contribution in [2.45, 2.75) is 39.7 Å². The molecular formula is C18H25F2IN4O. The molecule has 0 bridgehead atoms. The summed E-state index contributed by atoms with van der Waals surface area (Å²) in [5.74, 6) is 0.471. The molecule has 1 heterocycles. The van der Waals surface area contributed by atoms with Crippen LogP contribution < -0.4 is 10.6 Å². The molecule has 144 valence electrons. The second-order valence-corrected chi connectivity index (χ2v) is 6.02. The van der Waals surface area contributed by atoms with Crippen LogP contribution in [-0.4, -0.2) is 24.2 Å². The number of benzene rings is 1. The van der Waals surface area contributed by atoms with E-state index < -0.39 is 11.6 Å². The van der Waals surface area contributed by atoms with Crippen LogP contribution in [0.25, 0.3) is 0 Å². The van der Waals surface area contributed by atoms with Crippen LogP contribution in [-0.2, 0) is 13.0 Å². The molecule has 2 rings (SSSR count). The van der Waals surface area contributed by atoms with E-state index in [-0.39, 0.29) is 24.0 Å². The summed E-state index contributed by atoms with van der Waals surface area (Å²) < 4.78 is 31.6. The van der Waals surface area contributed by atoms with Crippen LogP contribution in [0.4, 0.5) is 8.78 Å². The number of guanidine groups is 1. The predicted octanol–water partition coefficient (Wildman–Crippen LogP) is 3.99. The first-order valence-corrected chi connectivity index (χ1v) is 8.40. The van der Waals surface area contributed by atoms with E-state index in [1.54, 1.807) is 0 Å². The van der Waals surface area contributed by atoms with Crippen molar-refractivity contribution in [3.05, 3.63) is 52.9 Å². The first-order valence-electron chi connectivity index (χ1n) is 8.40. The van der Waals surface area contributed by atoms with E-state index >= 15 is 0 Å². The van der Waals surface area contributed by atoms with Gasteiger partial charge in [0, 0.05) is 25.2 Å². The lowest BCUT2D eigenvalue weighted by Gasteiger charge is -2.11. The topological polar surface area (TPSA) is 62.5 Å². The summed E-state index contributed by atoms with van der Waals surface area (Å²) in [4.78, 5) is 4.44. The first-order chi connectivity index (χ1) is 12.0. The van der Waals surface area contributed by atoms with Gasteiger partial charge in [-0.2, -0.15) is 0 Å². The smallest absolute Gasteiger partial charge is 0.191 e. The van der Waals surface area contributed by atoms with Crippen molar-refractivity contribution >= 4 is 29.9 Å². The number of aromatic nitrogens is 1. The normalized spacial score (nSPS) is 11.4. The molecule has 0 amide bonds. The van der Waals surface area contributed by atoms with Crippen LogP contribution in [0, 0.1) is 11.6 Å². The zero-order chi connectivity index (χ0) is 18.2. The van der Waals surface area contributed by atoms with Crippen LogP contribution in [0.5, 0.6) is 0 Å². The van der Waals surface area contributed by atoms with Gasteiger partial charge >= 0.3 is 0 Å². The minimum absolute atomic E-state index is 0. The van der Waals surface area contributed by atoms with Crippen LogP contribution in [0.15, 0.2) is 33.8 Å². The van der Waals surface area contributed by atoms with Crippen molar-refractivity contribution < 1.29 is 13.3 Å². The Kier molecular flexibility index (Phi) is 9.53. The molecule has 0 atom stereocenters. The Morgan fingerprint density at radius 3 is 2.42 bits per heavy atom. The number of hydrogen-bond donors (Lipinski definition) is 2. The number of nitrogens with zero attached hydrogens (tertiary/aromatic N) is 2. The van der Waals surface area contributed by atoms with E-state index in [4.69, 9.17) is 4.52 Å². The average Bonchev–Trinajstić information content (AvgIpc) is 3.01. The highest BCUT2D eigenvalue weighted by Gasteiger charge is 2.07. The van der Waals surface area contributed by atoms with Crippen LogP contribution in [0.1, 0.15) is 43.7 Å². The molecule has 0 saturated heterocycles. The number of hydrogen-bond acceptors (Lipinski definition) is 3. The fraction of sp³-hybridized carbons (Fsp3) is 0.444. The average molecular weight is 478 g/mol. The zero-order valence-corrected chi connectivity index (χ0v) is 17.5. The van der Waals surface area contributed by atoms with Gasteiger partial charge in [-0.05, 0) is 37.0 Å². The van der Waals surface area contributed by atoms with Crippen molar-refractivity contribution in [2.75, 3.05) is 13.1 Å². The minimum Gasteiger partial charge on any atom is -0.359 e. The molecule has 1 aromatic heterocycles. The molecule has 0 unspecified atom stereocenters. The Morgan fingerprint density at radius 1 is 1.15 bits per heavy atom. The summed E-state index contributed by atoms with van der Waals surface area (Å²) in [5, 5.41) is 10.3. The molecule has 0 saturated carbocycles. The first kappa shape index (κ1) is 22.3. The number of halogens is 3. The third kappa shape index (κ3) is 7.27. The van der Waals surface area contributed by atoms with E-state index in [9.17, 15) is 8.78 Å². The van der Waals surface area contributed by atoms with Gasteiger partial charge in [-0.1, -0.05) is 19.0 Å². The van der Waals surface area contributed by atoms with E-state index in [0.29, 0.717) is 49.3 Å².